The first-order valence-electron chi connectivity index (χ1n) is 9.81. The minimum Gasteiger partial charge on any atom is -0.465 e. The zero-order valence-electron chi connectivity index (χ0n) is 16.4. The zero-order chi connectivity index (χ0) is 22.1. The Balaban J connectivity index is 1.62. The van der Waals surface area contributed by atoms with Crippen molar-refractivity contribution in [1.29, 1.82) is 0 Å². The van der Waals surface area contributed by atoms with Gasteiger partial charge in [0.15, 0.2) is 0 Å². The average Bonchev–Trinajstić information content (AvgIpc) is 3.35. The van der Waals surface area contributed by atoms with Crippen LogP contribution in [0.4, 0.5) is 9.59 Å². The molecule has 162 valence electrons. The molecule has 2 aromatic carbocycles. The Morgan fingerprint density at radius 3 is 2.48 bits per heavy atom. The molecule has 2 aliphatic heterocycles. The Hall–Kier alpha value is -2.77. The van der Waals surface area contributed by atoms with Gasteiger partial charge >= 0.3 is 12.2 Å². The molecule has 2 aromatic rings. The van der Waals surface area contributed by atoms with Crippen molar-refractivity contribution in [2.75, 3.05) is 19.7 Å². The molecule has 0 aromatic heterocycles. The van der Waals surface area contributed by atoms with Crippen molar-refractivity contribution in [1.82, 2.24) is 9.80 Å². The van der Waals surface area contributed by atoms with Crippen LogP contribution in [-0.4, -0.2) is 58.7 Å². The number of nitrogens with zero attached hydrogens (tertiary/aromatic N) is 2. The first-order valence-corrected chi connectivity index (χ1v) is 10.6. The predicted octanol–water partition coefficient (Wildman–Crippen LogP) is 4.28. The van der Waals surface area contributed by atoms with Gasteiger partial charge in [0, 0.05) is 19.0 Å². The minimum absolute atomic E-state index is 0.0130. The van der Waals surface area contributed by atoms with Gasteiger partial charge in [0.2, 0.25) is 5.91 Å². The molecule has 2 saturated heterocycles. The maximum Gasteiger partial charge on any atom is 0.416 e. The molecular formula is C22H20Cl2N2O5. The summed E-state index contributed by atoms with van der Waals surface area (Å²) in [5, 5.41) is 10.2. The highest BCUT2D eigenvalue weighted by Gasteiger charge is 2.47. The van der Waals surface area contributed by atoms with Gasteiger partial charge in [0.1, 0.15) is 6.61 Å². The van der Waals surface area contributed by atoms with Crippen LogP contribution in [0.5, 0.6) is 0 Å². The number of amides is 3. The molecule has 0 radical (unpaired) electrons. The number of likely N-dealkylation sites (tertiary alicyclic amines) is 1. The highest BCUT2D eigenvalue weighted by molar-refractivity contribution is 6.42. The summed E-state index contributed by atoms with van der Waals surface area (Å²) < 4.78 is 5.18. The van der Waals surface area contributed by atoms with E-state index in [2.05, 4.69) is 0 Å². The number of carbonyl (C=O) groups excluding carboxylic acids is 2. The SMILES string of the molecule is O=C(O)N1C[C@H](C(=O)N2C(=O)OC[C@H]2Cc2ccccc2)[C@@H](c2ccc(Cl)c(Cl)c2)C1. The second kappa shape index (κ2) is 8.77. The monoisotopic (exact) mass is 462 g/mol. The summed E-state index contributed by atoms with van der Waals surface area (Å²) >= 11 is 12.2. The van der Waals surface area contributed by atoms with Crippen molar-refractivity contribution in [2.24, 2.45) is 5.92 Å². The number of hydrogen-bond acceptors (Lipinski definition) is 4. The van der Waals surface area contributed by atoms with Crippen LogP contribution < -0.4 is 0 Å². The molecule has 31 heavy (non-hydrogen) atoms. The van der Waals surface area contributed by atoms with E-state index in [1.165, 1.54) is 4.90 Å². The average molecular weight is 463 g/mol. The molecule has 0 saturated carbocycles. The third-order valence-electron chi connectivity index (χ3n) is 5.79. The predicted molar refractivity (Wildman–Crippen MR) is 114 cm³/mol. The first-order chi connectivity index (χ1) is 14.8. The van der Waals surface area contributed by atoms with Gasteiger partial charge in [-0.25, -0.2) is 14.5 Å². The van der Waals surface area contributed by atoms with E-state index >= 15 is 0 Å². The van der Waals surface area contributed by atoms with Crippen LogP contribution in [0.1, 0.15) is 17.0 Å². The highest BCUT2D eigenvalue weighted by atomic mass is 35.5. The number of carboxylic acid groups (broad SMARTS) is 1. The third-order valence-corrected chi connectivity index (χ3v) is 6.53. The zero-order valence-corrected chi connectivity index (χ0v) is 17.9. The van der Waals surface area contributed by atoms with Crippen LogP contribution in [0.3, 0.4) is 0 Å². The molecule has 1 N–H and O–H groups in total. The summed E-state index contributed by atoms with van der Waals surface area (Å²) in [5.41, 5.74) is 1.67. The summed E-state index contributed by atoms with van der Waals surface area (Å²) in [6.07, 6.45) is -1.36. The van der Waals surface area contributed by atoms with E-state index in [0.717, 1.165) is 10.5 Å². The Morgan fingerprint density at radius 2 is 1.81 bits per heavy atom. The normalized spacial score (nSPS) is 23.2. The standard InChI is InChI=1S/C22H20Cl2N2O5/c23-18-7-6-14(9-19(18)24)16-10-25(21(28)29)11-17(16)20(27)26-15(12-31-22(26)30)8-13-4-2-1-3-5-13/h1-7,9,15-17H,8,10-12H2,(H,28,29)/t15-,16-,17+/m1/s1. The van der Waals surface area contributed by atoms with Gasteiger partial charge in [-0.15, -0.1) is 0 Å². The molecular weight excluding hydrogens is 443 g/mol. The molecule has 3 amide bonds. The third kappa shape index (κ3) is 4.34. The fraction of sp³-hybridized carbons (Fsp3) is 0.318. The quantitative estimate of drug-likeness (QED) is 0.732. The molecule has 0 bridgehead atoms. The van der Waals surface area contributed by atoms with Crippen LogP contribution in [-0.2, 0) is 16.0 Å². The van der Waals surface area contributed by atoms with Gasteiger partial charge in [-0.1, -0.05) is 59.6 Å². The van der Waals surface area contributed by atoms with Crippen LogP contribution in [0, 0.1) is 5.92 Å². The largest absolute Gasteiger partial charge is 0.465 e. The molecule has 2 fully saturated rings. The molecule has 0 aliphatic carbocycles. The second-order valence-corrected chi connectivity index (χ2v) is 8.52. The summed E-state index contributed by atoms with van der Waals surface area (Å²) in [5.74, 6) is -1.63. The van der Waals surface area contributed by atoms with Crippen molar-refractivity contribution in [3.63, 3.8) is 0 Å². The lowest BCUT2D eigenvalue weighted by atomic mass is 9.87. The van der Waals surface area contributed by atoms with Gasteiger partial charge in [-0.3, -0.25) is 4.79 Å². The first kappa shape index (κ1) is 21.5. The molecule has 0 unspecified atom stereocenters. The van der Waals surface area contributed by atoms with Crippen LogP contribution in [0.25, 0.3) is 0 Å². The number of halogens is 2. The number of hydrogen-bond donors (Lipinski definition) is 1. The van der Waals surface area contributed by atoms with Crippen molar-refractivity contribution in [3.05, 3.63) is 69.7 Å². The van der Waals surface area contributed by atoms with Gasteiger partial charge in [0.25, 0.3) is 0 Å². The Morgan fingerprint density at radius 1 is 1.06 bits per heavy atom. The van der Waals surface area contributed by atoms with Crippen LogP contribution >= 0.6 is 23.2 Å². The van der Waals surface area contributed by atoms with E-state index in [4.69, 9.17) is 27.9 Å². The van der Waals surface area contributed by atoms with E-state index < -0.39 is 36.0 Å². The Kier molecular flexibility index (Phi) is 6.07. The Labute approximate surface area is 189 Å². The fourth-order valence-electron chi connectivity index (χ4n) is 4.24. The maximum absolute atomic E-state index is 13.5. The summed E-state index contributed by atoms with van der Waals surface area (Å²) in [6.45, 7) is 0.211. The summed E-state index contributed by atoms with van der Waals surface area (Å²) in [7, 11) is 0. The van der Waals surface area contributed by atoms with E-state index in [0.29, 0.717) is 22.0 Å². The Bertz CT molecular complexity index is 1020. The topological polar surface area (TPSA) is 87.2 Å². The van der Waals surface area contributed by atoms with Gasteiger partial charge in [-0.2, -0.15) is 0 Å². The van der Waals surface area contributed by atoms with E-state index in [9.17, 15) is 19.5 Å². The molecule has 3 atom stereocenters. The van der Waals surface area contributed by atoms with Crippen LogP contribution in [0.15, 0.2) is 48.5 Å². The molecule has 2 aliphatic rings. The second-order valence-electron chi connectivity index (χ2n) is 7.70. The van der Waals surface area contributed by atoms with Crippen LogP contribution in [0.2, 0.25) is 10.0 Å². The molecule has 7 nitrogen and oxygen atoms in total. The maximum atomic E-state index is 13.5. The van der Waals surface area contributed by atoms with Crippen molar-refractivity contribution >= 4 is 41.3 Å². The molecule has 2 heterocycles. The molecule has 4 rings (SSSR count). The lowest BCUT2D eigenvalue weighted by molar-refractivity contribution is -0.133. The summed E-state index contributed by atoms with van der Waals surface area (Å²) in [4.78, 5) is 39.9. The number of rotatable bonds is 4. The van der Waals surface area contributed by atoms with E-state index in [-0.39, 0.29) is 19.7 Å². The van der Waals surface area contributed by atoms with E-state index in [1.807, 2.05) is 30.3 Å². The number of cyclic esters (lactones) is 1. The minimum atomic E-state index is -1.12. The summed E-state index contributed by atoms with van der Waals surface area (Å²) in [6, 6.07) is 14.1. The smallest absolute Gasteiger partial charge is 0.416 e. The van der Waals surface area contributed by atoms with Crippen molar-refractivity contribution in [2.45, 2.75) is 18.4 Å². The highest BCUT2D eigenvalue weighted by Crippen LogP contribution is 2.37. The van der Waals surface area contributed by atoms with Gasteiger partial charge in [0.05, 0.1) is 22.0 Å². The van der Waals surface area contributed by atoms with Crippen molar-refractivity contribution < 1.29 is 24.2 Å². The lowest BCUT2D eigenvalue weighted by Gasteiger charge is -2.25. The van der Waals surface area contributed by atoms with Gasteiger partial charge in [-0.05, 0) is 29.7 Å². The number of carbonyl (C=O) groups is 3. The number of ether oxygens (including phenoxy) is 1. The number of imide groups is 1. The van der Waals surface area contributed by atoms with E-state index in [1.54, 1.807) is 18.2 Å². The lowest BCUT2D eigenvalue weighted by Crippen LogP contribution is -2.45. The fourth-order valence-corrected chi connectivity index (χ4v) is 4.54. The number of benzene rings is 2. The molecule has 0 spiro atoms. The van der Waals surface area contributed by atoms with Gasteiger partial charge < -0.3 is 14.7 Å². The molecule has 9 heteroatoms. The van der Waals surface area contributed by atoms with Crippen molar-refractivity contribution in [3.8, 4) is 0 Å².